The number of hydrogen-bond donors (Lipinski definition) is 2. The number of carbonyl (C=O) groups is 1. The summed E-state index contributed by atoms with van der Waals surface area (Å²) in [4.78, 5) is 22.2. The lowest BCUT2D eigenvalue weighted by Gasteiger charge is -2.05. The van der Waals surface area contributed by atoms with Gasteiger partial charge in [-0.2, -0.15) is 4.39 Å². The molecular weight excluding hydrogens is 318 g/mol. The molecule has 0 aliphatic heterocycles. The van der Waals surface area contributed by atoms with Crippen LogP contribution in [0.3, 0.4) is 0 Å². The SMILES string of the molecule is COc1cc(-c2ncc(-c3ccnc(C(N)=O)c3)[nH]2)cc(F)c1F. The van der Waals surface area contributed by atoms with Gasteiger partial charge in [0.2, 0.25) is 5.82 Å². The Hall–Kier alpha value is -3.29. The van der Waals surface area contributed by atoms with Gasteiger partial charge < -0.3 is 15.5 Å². The molecule has 0 saturated carbocycles. The van der Waals surface area contributed by atoms with Gasteiger partial charge >= 0.3 is 0 Å². The van der Waals surface area contributed by atoms with Crippen molar-refractivity contribution in [2.45, 2.75) is 0 Å². The summed E-state index contributed by atoms with van der Waals surface area (Å²) in [6.45, 7) is 0. The summed E-state index contributed by atoms with van der Waals surface area (Å²) in [6.07, 6.45) is 2.94. The van der Waals surface area contributed by atoms with E-state index in [0.29, 0.717) is 22.6 Å². The highest BCUT2D eigenvalue weighted by atomic mass is 19.2. The van der Waals surface area contributed by atoms with Crippen LogP contribution in [0.15, 0.2) is 36.7 Å². The quantitative estimate of drug-likeness (QED) is 0.768. The second-order valence-electron chi connectivity index (χ2n) is 4.91. The van der Waals surface area contributed by atoms with Crippen LogP contribution in [0.25, 0.3) is 22.6 Å². The second-order valence-corrected chi connectivity index (χ2v) is 4.91. The van der Waals surface area contributed by atoms with E-state index in [1.54, 1.807) is 6.07 Å². The molecule has 0 fully saturated rings. The van der Waals surface area contributed by atoms with Gasteiger partial charge in [-0.15, -0.1) is 0 Å². The highest BCUT2D eigenvalue weighted by Gasteiger charge is 2.15. The van der Waals surface area contributed by atoms with Gasteiger partial charge in [0.15, 0.2) is 11.6 Å². The molecule has 1 amide bonds. The van der Waals surface area contributed by atoms with Crippen LogP contribution in [0.2, 0.25) is 0 Å². The summed E-state index contributed by atoms with van der Waals surface area (Å²) in [5, 5.41) is 0. The number of pyridine rings is 1. The average Bonchev–Trinajstić information content (AvgIpc) is 3.07. The number of aromatic amines is 1. The van der Waals surface area contributed by atoms with Crippen LogP contribution in [0.1, 0.15) is 10.5 Å². The van der Waals surface area contributed by atoms with Gasteiger partial charge in [0.05, 0.1) is 19.0 Å². The molecule has 122 valence electrons. The Kier molecular flexibility index (Phi) is 3.95. The second kappa shape index (κ2) is 6.07. The van der Waals surface area contributed by atoms with Crippen LogP contribution in [-0.4, -0.2) is 28.0 Å². The Morgan fingerprint density at radius 2 is 2.00 bits per heavy atom. The average molecular weight is 330 g/mol. The monoisotopic (exact) mass is 330 g/mol. The number of nitrogens with zero attached hydrogens (tertiary/aromatic N) is 2. The number of nitrogens with two attached hydrogens (primary N) is 1. The van der Waals surface area contributed by atoms with Crippen molar-refractivity contribution in [3.8, 4) is 28.4 Å². The number of methoxy groups -OCH3 is 1. The highest BCUT2D eigenvalue weighted by molar-refractivity contribution is 5.91. The van der Waals surface area contributed by atoms with Gasteiger partial charge in [0.25, 0.3) is 5.91 Å². The maximum Gasteiger partial charge on any atom is 0.267 e. The molecule has 2 aromatic heterocycles. The first-order chi connectivity index (χ1) is 11.5. The number of nitrogens with one attached hydrogen (secondary N) is 1. The molecule has 0 spiro atoms. The van der Waals surface area contributed by atoms with E-state index in [1.807, 2.05) is 0 Å². The molecule has 3 rings (SSSR count). The lowest BCUT2D eigenvalue weighted by Crippen LogP contribution is -2.12. The van der Waals surface area contributed by atoms with Crippen molar-refractivity contribution in [2.75, 3.05) is 7.11 Å². The normalized spacial score (nSPS) is 10.6. The van der Waals surface area contributed by atoms with E-state index in [1.165, 1.54) is 31.6 Å². The zero-order chi connectivity index (χ0) is 17.3. The predicted octanol–water partition coefficient (Wildman–Crippen LogP) is 2.52. The Morgan fingerprint density at radius 1 is 1.21 bits per heavy atom. The van der Waals surface area contributed by atoms with Crippen LogP contribution < -0.4 is 10.5 Å². The zero-order valence-corrected chi connectivity index (χ0v) is 12.5. The molecule has 24 heavy (non-hydrogen) atoms. The van der Waals surface area contributed by atoms with Crippen molar-refractivity contribution in [3.63, 3.8) is 0 Å². The summed E-state index contributed by atoms with van der Waals surface area (Å²) in [7, 11) is 1.25. The van der Waals surface area contributed by atoms with Gasteiger partial charge in [0, 0.05) is 17.3 Å². The Bertz CT molecular complexity index is 924. The Morgan fingerprint density at radius 3 is 2.71 bits per heavy atom. The number of carbonyl (C=O) groups excluding carboxylic acids is 1. The molecule has 0 unspecified atom stereocenters. The fraction of sp³-hybridized carbons (Fsp3) is 0.0625. The third-order valence-electron chi connectivity index (χ3n) is 3.39. The molecule has 3 aromatic rings. The Balaban J connectivity index is 2.01. The minimum atomic E-state index is -1.06. The fourth-order valence-electron chi connectivity index (χ4n) is 2.20. The maximum absolute atomic E-state index is 13.6. The van der Waals surface area contributed by atoms with Crippen molar-refractivity contribution >= 4 is 5.91 Å². The van der Waals surface area contributed by atoms with E-state index in [2.05, 4.69) is 15.0 Å². The van der Waals surface area contributed by atoms with E-state index in [4.69, 9.17) is 10.5 Å². The minimum absolute atomic E-state index is 0.109. The molecule has 2 heterocycles. The lowest BCUT2D eigenvalue weighted by molar-refractivity contribution is 0.0995. The van der Waals surface area contributed by atoms with Crippen LogP contribution >= 0.6 is 0 Å². The fourth-order valence-corrected chi connectivity index (χ4v) is 2.20. The summed E-state index contributed by atoms with van der Waals surface area (Å²) in [5.74, 6) is -2.65. The number of rotatable bonds is 4. The highest BCUT2D eigenvalue weighted by Crippen LogP contribution is 2.28. The number of benzene rings is 1. The molecule has 0 aliphatic carbocycles. The van der Waals surface area contributed by atoms with Gasteiger partial charge in [-0.05, 0) is 24.3 Å². The van der Waals surface area contributed by atoms with E-state index in [9.17, 15) is 13.6 Å². The van der Waals surface area contributed by atoms with Crippen molar-refractivity contribution in [1.82, 2.24) is 15.0 Å². The number of hydrogen-bond acceptors (Lipinski definition) is 4. The van der Waals surface area contributed by atoms with Crippen molar-refractivity contribution in [2.24, 2.45) is 5.73 Å². The summed E-state index contributed by atoms with van der Waals surface area (Å²) in [5.41, 5.74) is 6.83. The van der Waals surface area contributed by atoms with Gasteiger partial charge in [-0.1, -0.05) is 0 Å². The standard InChI is InChI=1S/C16H12F2N4O2/c1-24-13-6-9(4-10(17)14(13)18)16-21-7-12(22-16)8-2-3-20-11(5-8)15(19)23/h2-7H,1H3,(H2,19,23)(H,21,22). The van der Waals surface area contributed by atoms with Crippen LogP contribution in [0.4, 0.5) is 8.78 Å². The molecule has 0 radical (unpaired) electrons. The largest absolute Gasteiger partial charge is 0.494 e. The smallest absolute Gasteiger partial charge is 0.267 e. The zero-order valence-electron chi connectivity index (χ0n) is 12.5. The van der Waals surface area contributed by atoms with Crippen LogP contribution in [0, 0.1) is 11.6 Å². The van der Waals surface area contributed by atoms with Crippen molar-refractivity contribution < 1.29 is 18.3 Å². The topological polar surface area (TPSA) is 93.9 Å². The number of imidazole rings is 1. The third kappa shape index (κ3) is 2.81. The number of H-pyrrole nitrogens is 1. The molecular formula is C16H12F2N4O2. The third-order valence-corrected chi connectivity index (χ3v) is 3.39. The number of aromatic nitrogens is 3. The summed E-state index contributed by atoms with van der Waals surface area (Å²) >= 11 is 0. The summed E-state index contributed by atoms with van der Waals surface area (Å²) in [6, 6.07) is 5.52. The maximum atomic E-state index is 13.6. The van der Waals surface area contributed by atoms with Gasteiger partial charge in [-0.3, -0.25) is 9.78 Å². The van der Waals surface area contributed by atoms with Gasteiger partial charge in [-0.25, -0.2) is 9.37 Å². The molecule has 0 atom stereocenters. The van der Waals surface area contributed by atoms with E-state index in [0.717, 1.165) is 6.07 Å². The molecule has 8 heteroatoms. The van der Waals surface area contributed by atoms with E-state index in [-0.39, 0.29) is 11.4 Å². The summed E-state index contributed by atoms with van der Waals surface area (Å²) < 4.78 is 31.9. The van der Waals surface area contributed by atoms with Crippen LogP contribution in [-0.2, 0) is 0 Å². The van der Waals surface area contributed by atoms with Crippen molar-refractivity contribution in [1.29, 1.82) is 0 Å². The molecule has 0 saturated heterocycles. The van der Waals surface area contributed by atoms with E-state index < -0.39 is 17.5 Å². The number of primary amides is 1. The Labute approximate surface area is 135 Å². The molecule has 6 nitrogen and oxygen atoms in total. The van der Waals surface area contributed by atoms with Crippen LogP contribution in [0.5, 0.6) is 5.75 Å². The number of amides is 1. The first-order valence-electron chi connectivity index (χ1n) is 6.84. The predicted molar refractivity (Wildman–Crippen MR) is 82.2 cm³/mol. The molecule has 1 aromatic carbocycles. The van der Waals surface area contributed by atoms with Gasteiger partial charge in [0.1, 0.15) is 11.5 Å². The minimum Gasteiger partial charge on any atom is -0.494 e. The van der Waals surface area contributed by atoms with E-state index >= 15 is 0 Å². The molecule has 3 N–H and O–H groups in total. The lowest BCUT2D eigenvalue weighted by atomic mass is 10.1. The molecule has 0 bridgehead atoms. The molecule has 0 aliphatic rings. The first-order valence-corrected chi connectivity index (χ1v) is 6.84. The number of halogens is 2. The number of ether oxygens (including phenoxy) is 1. The van der Waals surface area contributed by atoms with Crippen molar-refractivity contribution in [3.05, 3.63) is 54.0 Å². The first kappa shape index (κ1) is 15.6.